The Hall–Kier alpha value is 0.0969. The highest BCUT2D eigenvalue weighted by Crippen LogP contribution is 2.31. The van der Waals surface area contributed by atoms with Crippen LogP contribution in [0, 0.1) is 0 Å². The van der Waals surface area contributed by atoms with Crippen molar-refractivity contribution in [2.45, 2.75) is 51.0 Å². The Morgan fingerprint density at radius 3 is 2.79 bits per heavy atom. The molecule has 0 aromatic heterocycles. The summed E-state index contributed by atoms with van der Waals surface area (Å²) < 4.78 is 16.9. The van der Waals surface area contributed by atoms with Crippen LogP contribution >= 0.6 is 0 Å². The topological polar surface area (TPSA) is 27.7 Å². The monoisotopic (exact) mass is 218 g/mol. The summed E-state index contributed by atoms with van der Waals surface area (Å²) in [4.78, 5) is 0. The number of hydrogen-bond acceptors (Lipinski definition) is 3. The molecule has 0 amide bonds. The minimum absolute atomic E-state index is 0.0211. The summed E-state index contributed by atoms with van der Waals surface area (Å²) in [5.74, 6) is 0. The molecule has 2 atom stereocenters. The molecule has 1 saturated heterocycles. The fourth-order valence-corrected chi connectivity index (χ4v) is 5.26. The molecule has 0 aromatic rings. The van der Waals surface area contributed by atoms with E-state index in [0.717, 1.165) is 18.5 Å². The van der Waals surface area contributed by atoms with Crippen LogP contribution in [0.3, 0.4) is 0 Å². The first kappa shape index (κ1) is 12.2. The predicted octanol–water partition coefficient (Wildman–Crippen LogP) is 2.66. The highest BCUT2D eigenvalue weighted by molar-refractivity contribution is 6.67. The zero-order valence-electron chi connectivity index (χ0n) is 9.54. The molecule has 4 heteroatoms. The maximum atomic E-state index is 5.97. The van der Waals surface area contributed by atoms with Crippen molar-refractivity contribution >= 4 is 8.56 Å². The Bertz CT molecular complexity index is 165. The molecule has 0 radical (unpaired) electrons. The average Bonchev–Trinajstić information content (AvgIpc) is 2.26. The van der Waals surface area contributed by atoms with Gasteiger partial charge >= 0.3 is 8.56 Å². The Kier molecular flexibility index (Phi) is 5.09. The third-order valence-electron chi connectivity index (χ3n) is 2.89. The lowest BCUT2D eigenvalue weighted by atomic mass is 10.3. The van der Waals surface area contributed by atoms with Gasteiger partial charge in [-0.15, -0.1) is 0 Å². The van der Waals surface area contributed by atoms with Crippen LogP contribution in [0.2, 0.25) is 12.1 Å². The van der Waals surface area contributed by atoms with Gasteiger partial charge in [0.05, 0.1) is 0 Å². The number of unbranched alkanes of at least 4 members (excludes halogenated alkanes) is 1. The molecule has 1 fully saturated rings. The van der Waals surface area contributed by atoms with Crippen molar-refractivity contribution in [3.05, 3.63) is 0 Å². The second-order valence-electron chi connectivity index (χ2n) is 3.89. The van der Waals surface area contributed by atoms with E-state index >= 15 is 0 Å². The SMILES string of the molecule is CCCC[Si]1(OC)CCCC(OC)O1. The largest absolute Gasteiger partial charge is 0.398 e. The molecule has 1 heterocycles. The molecular weight excluding hydrogens is 196 g/mol. The fourth-order valence-electron chi connectivity index (χ4n) is 1.94. The summed E-state index contributed by atoms with van der Waals surface area (Å²) in [6, 6.07) is 2.24. The lowest BCUT2D eigenvalue weighted by Crippen LogP contribution is -2.47. The smallest absolute Gasteiger partial charge is 0.339 e. The van der Waals surface area contributed by atoms with E-state index in [-0.39, 0.29) is 6.29 Å². The summed E-state index contributed by atoms with van der Waals surface area (Å²) in [6.07, 6.45) is 4.59. The van der Waals surface area contributed by atoms with Gasteiger partial charge in [-0.05, 0) is 24.9 Å². The van der Waals surface area contributed by atoms with Crippen LogP contribution in [0.25, 0.3) is 0 Å². The van der Waals surface area contributed by atoms with Crippen LogP contribution in [0.15, 0.2) is 0 Å². The standard InChI is InChI=1S/C10H22O3Si/c1-4-5-8-14(12-3)9-6-7-10(11-2)13-14/h10H,4-9H2,1-3H3. The van der Waals surface area contributed by atoms with Crippen LogP contribution in [-0.2, 0) is 13.6 Å². The van der Waals surface area contributed by atoms with Crippen LogP contribution in [-0.4, -0.2) is 29.1 Å². The maximum absolute atomic E-state index is 5.97. The van der Waals surface area contributed by atoms with Gasteiger partial charge in [-0.2, -0.15) is 0 Å². The molecule has 84 valence electrons. The number of hydrogen-bond donors (Lipinski definition) is 0. The molecule has 0 spiro atoms. The van der Waals surface area contributed by atoms with Crippen molar-refractivity contribution < 1.29 is 13.6 Å². The summed E-state index contributed by atoms with van der Waals surface area (Å²) in [5.41, 5.74) is 0. The second-order valence-corrected chi connectivity index (χ2v) is 7.36. The van der Waals surface area contributed by atoms with Crippen LogP contribution < -0.4 is 0 Å². The molecule has 0 aliphatic carbocycles. The van der Waals surface area contributed by atoms with E-state index in [4.69, 9.17) is 13.6 Å². The van der Waals surface area contributed by atoms with E-state index in [1.54, 1.807) is 14.2 Å². The first-order chi connectivity index (χ1) is 6.76. The molecular formula is C10H22O3Si. The maximum Gasteiger partial charge on any atom is 0.339 e. The van der Waals surface area contributed by atoms with Gasteiger partial charge in [0.2, 0.25) is 0 Å². The van der Waals surface area contributed by atoms with Gasteiger partial charge in [-0.3, -0.25) is 0 Å². The summed E-state index contributed by atoms with van der Waals surface area (Å²) >= 11 is 0. The van der Waals surface area contributed by atoms with Gasteiger partial charge in [0.1, 0.15) is 6.29 Å². The Morgan fingerprint density at radius 2 is 2.21 bits per heavy atom. The van der Waals surface area contributed by atoms with E-state index in [1.165, 1.54) is 19.3 Å². The van der Waals surface area contributed by atoms with E-state index in [1.807, 2.05) is 0 Å². The van der Waals surface area contributed by atoms with Gasteiger partial charge in [0.15, 0.2) is 0 Å². The molecule has 2 unspecified atom stereocenters. The van der Waals surface area contributed by atoms with Gasteiger partial charge in [-0.1, -0.05) is 19.8 Å². The van der Waals surface area contributed by atoms with E-state index in [9.17, 15) is 0 Å². The van der Waals surface area contributed by atoms with Crippen LogP contribution in [0.5, 0.6) is 0 Å². The molecule has 0 aromatic carbocycles. The fraction of sp³-hybridized carbons (Fsp3) is 1.00. The second kappa shape index (κ2) is 5.85. The van der Waals surface area contributed by atoms with Gasteiger partial charge in [0, 0.05) is 14.2 Å². The molecule has 0 bridgehead atoms. The first-order valence-electron chi connectivity index (χ1n) is 5.52. The van der Waals surface area contributed by atoms with Crippen molar-refractivity contribution in [3.63, 3.8) is 0 Å². The number of ether oxygens (including phenoxy) is 1. The molecule has 1 aliphatic rings. The molecule has 1 rings (SSSR count). The van der Waals surface area contributed by atoms with Crippen LogP contribution in [0.1, 0.15) is 32.6 Å². The van der Waals surface area contributed by atoms with Gasteiger partial charge in [-0.25, -0.2) is 0 Å². The van der Waals surface area contributed by atoms with Crippen molar-refractivity contribution in [2.24, 2.45) is 0 Å². The molecule has 1 aliphatic heterocycles. The lowest BCUT2D eigenvalue weighted by Gasteiger charge is -2.37. The van der Waals surface area contributed by atoms with E-state index in [0.29, 0.717) is 0 Å². The third-order valence-corrected chi connectivity index (χ3v) is 6.56. The van der Waals surface area contributed by atoms with Gasteiger partial charge < -0.3 is 13.6 Å². The Balaban J connectivity index is 2.49. The normalized spacial score (nSPS) is 33.2. The minimum atomic E-state index is -1.89. The quantitative estimate of drug-likeness (QED) is 0.664. The molecule has 0 N–H and O–H groups in total. The van der Waals surface area contributed by atoms with Crippen molar-refractivity contribution in [2.75, 3.05) is 14.2 Å². The van der Waals surface area contributed by atoms with Crippen LogP contribution in [0.4, 0.5) is 0 Å². The van der Waals surface area contributed by atoms with E-state index < -0.39 is 8.56 Å². The van der Waals surface area contributed by atoms with Gasteiger partial charge in [0.25, 0.3) is 0 Å². The van der Waals surface area contributed by atoms with E-state index in [2.05, 4.69) is 6.92 Å². The summed E-state index contributed by atoms with van der Waals surface area (Å²) in [7, 11) is 1.62. The zero-order chi connectivity index (χ0) is 10.4. The number of rotatable bonds is 5. The highest BCUT2D eigenvalue weighted by atomic mass is 28.4. The first-order valence-corrected chi connectivity index (χ1v) is 7.75. The summed E-state index contributed by atoms with van der Waals surface area (Å²) in [6.45, 7) is 2.20. The Labute approximate surface area is 88.0 Å². The third kappa shape index (κ3) is 3.05. The number of methoxy groups -OCH3 is 1. The molecule has 14 heavy (non-hydrogen) atoms. The zero-order valence-corrected chi connectivity index (χ0v) is 10.5. The predicted molar refractivity (Wildman–Crippen MR) is 58.4 cm³/mol. The molecule has 3 nitrogen and oxygen atoms in total. The minimum Gasteiger partial charge on any atom is -0.398 e. The van der Waals surface area contributed by atoms with Crippen molar-refractivity contribution in [1.82, 2.24) is 0 Å². The summed E-state index contributed by atoms with van der Waals surface area (Å²) in [5, 5.41) is 0. The average molecular weight is 218 g/mol. The van der Waals surface area contributed by atoms with Crippen molar-refractivity contribution in [3.8, 4) is 0 Å². The van der Waals surface area contributed by atoms with Crippen molar-refractivity contribution in [1.29, 1.82) is 0 Å². The molecule has 0 saturated carbocycles. The Morgan fingerprint density at radius 1 is 1.43 bits per heavy atom. The highest BCUT2D eigenvalue weighted by Gasteiger charge is 2.41. The lowest BCUT2D eigenvalue weighted by molar-refractivity contribution is -0.0898.